The minimum Gasteiger partial charge on any atom is -0.354 e. The molecule has 0 fully saturated rings. The second kappa shape index (κ2) is 9.01. The first-order valence-electron chi connectivity index (χ1n) is 8.80. The fourth-order valence-corrected chi connectivity index (χ4v) is 3.63. The average molecular weight is 390 g/mol. The highest BCUT2D eigenvalue weighted by atomic mass is 32.2. The molecule has 1 N–H and O–H groups in total. The van der Waals surface area contributed by atoms with Crippen molar-refractivity contribution in [1.29, 1.82) is 0 Å². The zero-order valence-electron chi connectivity index (χ0n) is 16.2. The Balaban J connectivity index is 2.10. The Morgan fingerprint density at radius 1 is 1.04 bits per heavy atom. The lowest BCUT2D eigenvalue weighted by atomic mass is 10.0. The van der Waals surface area contributed by atoms with Crippen molar-refractivity contribution in [3.8, 4) is 0 Å². The van der Waals surface area contributed by atoms with Crippen molar-refractivity contribution in [2.24, 2.45) is 0 Å². The first-order valence-corrected chi connectivity index (χ1v) is 10.2. The predicted octanol–water partition coefficient (Wildman–Crippen LogP) is 2.53. The molecule has 146 valence electrons. The van der Waals surface area contributed by atoms with Crippen LogP contribution in [-0.4, -0.2) is 45.8 Å². The third-order valence-corrected chi connectivity index (χ3v) is 6.14. The summed E-state index contributed by atoms with van der Waals surface area (Å²) in [7, 11) is -0.884. The van der Waals surface area contributed by atoms with E-state index in [0.717, 1.165) is 19.7 Å². The molecule has 27 heavy (non-hydrogen) atoms. The van der Waals surface area contributed by atoms with Crippen LogP contribution in [-0.2, 0) is 15.0 Å². The third kappa shape index (κ3) is 5.55. The van der Waals surface area contributed by atoms with Gasteiger partial charge in [0, 0.05) is 20.6 Å². The van der Waals surface area contributed by atoms with E-state index in [9.17, 15) is 13.2 Å². The zero-order valence-corrected chi connectivity index (χ0v) is 17.0. The highest BCUT2D eigenvalue weighted by Gasteiger charge is 2.27. The second-order valence-electron chi connectivity index (χ2n) is 6.75. The molecule has 0 spiro atoms. The smallest absolute Gasteiger partial charge is 0.304 e. The Morgan fingerprint density at radius 3 is 2.19 bits per heavy atom. The molecule has 0 aliphatic heterocycles. The quantitative estimate of drug-likeness (QED) is 0.754. The van der Waals surface area contributed by atoms with Crippen molar-refractivity contribution in [3.05, 3.63) is 65.7 Å². The van der Waals surface area contributed by atoms with E-state index < -0.39 is 10.2 Å². The highest BCUT2D eigenvalue weighted by Crippen LogP contribution is 2.20. The van der Waals surface area contributed by atoms with E-state index in [4.69, 9.17) is 0 Å². The third-order valence-electron chi connectivity index (χ3n) is 4.32. The van der Waals surface area contributed by atoms with E-state index in [-0.39, 0.29) is 18.4 Å². The fourth-order valence-electron chi connectivity index (χ4n) is 2.57. The van der Waals surface area contributed by atoms with Crippen LogP contribution in [0.25, 0.3) is 0 Å². The van der Waals surface area contributed by atoms with Gasteiger partial charge in [0.25, 0.3) is 0 Å². The van der Waals surface area contributed by atoms with E-state index >= 15 is 0 Å². The maximum atomic E-state index is 12.7. The number of hydrogen-bond acceptors (Lipinski definition) is 3. The van der Waals surface area contributed by atoms with Crippen molar-refractivity contribution in [2.45, 2.75) is 19.8 Å². The fraction of sp³-hybridized carbons (Fsp3) is 0.350. The van der Waals surface area contributed by atoms with E-state index in [1.54, 1.807) is 12.1 Å². The summed E-state index contributed by atoms with van der Waals surface area (Å²) in [6, 6.07) is 16.9. The maximum absolute atomic E-state index is 12.7. The number of benzene rings is 2. The molecule has 0 aliphatic rings. The highest BCUT2D eigenvalue weighted by molar-refractivity contribution is 7.90. The van der Waals surface area contributed by atoms with Gasteiger partial charge in [-0.15, -0.1) is 0 Å². The van der Waals surface area contributed by atoms with Crippen LogP contribution in [0.5, 0.6) is 0 Å². The topological polar surface area (TPSA) is 69.7 Å². The molecular formula is C20H27N3O3S. The summed E-state index contributed by atoms with van der Waals surface area (Å²) in [4.78, 5) is 12.5. The molecule has 2 aromatic carbocycles. The summed E-state index contributed by atoms with van der Waals surface area (Å²) in [5.41, 5.74) is 2.59. The van der Waals surface area contributed by atoms with E-state index in [1.165, 1.54) is 14.1 Å². The van der Waals surface area contributed by atoms with Crippen LogP contribution >= 0.6 is 0 Å². The van der Waals surface area contributed by atoms with Gasteiger partial charge >= 0.3 is 10.2 Å². The number of amides is 1. The number of rotatable bonds is 8. The van der Waals surface area contributed by atoms with Crippen LogP contribution in [0.4, 0.5) is 5.69 Å². The van der Waals surface area contributed by atoms with E-state index in [1.807, 2.05) is 56.3 Å². The summed E-state index contributed by atoms with van der Waals surface area (Å²) in [5.74, 6) is -0.211. The van der Waals surface area contributed by atoms with Gasteiger partial charge in [-0.1, -0.05) is 55.0 Å². The Morgan fingerprint density at radius 2 is 1.63 bits per heavy atom. The lowest BCUT2D eigenvalue weighted by Crippen LogP contribution is -2.46. The Kier molecular flexibility index (Phi) is 6.98. The van der Waals surface area contributed by atoms with Gasteiger partial charge in [-0.3, -0.25) is 4.79 Å². The summed E-state index contributed by atoms with van der Waals surface area (Å²) < 4.78 is 27.6. The number of aryl methyl sites for hydroxylation is 1. The molecular weight excluding hydrogens is 362 g/mol. The molecule has 2 aromatic rings. The summed E-state index contributed by atoms with van der Waals surface area (Å²) in [6.45, 7) is 4.11. The van der Waals surface area contributed by atoms with Gasteiger partial charge in [-0.05, 0) is 30.5 Å². The first-order chi connectivity index (χ1) is 12.7. The maximum Gasteiger partial charge on any atom is 0.304 e. The van der Waals surface area contributed by atoms with Crippen molar-refractivity contribution in [3.63, 3.8) is 0 Å². The Bertz CT molecular complexity index is 850. The largest absolute Gasteiger partial charge is 0.354 e. The molecule has 0 heterocycles. The van der Waals surface area contributed by atoms with Crippen LogP contribution in [0.2, 0.25) is 0 Å². The standard InChI is InChI=1S/C20H27N3O3S/c1-16-10-12-19(13-11-16)23(27(25,26)22(3)4)15-20(24)21-14-17(2)18-8-6-5-7-9-18/h5-13,17H,14-15H2,1-4H3,(H,21,24)/t17-/m1/s1. The molecule has 0 aliphatic carbocycles. The molecule has 7 heteroatoms. The number of nitrogens with zero attached hydrogens (tertiary/aromatic N) is 2. The molecule has 6 nitrogen and oxygen atoms in total. The van der Waals surface area contributed by atoms with Crippen LogP contribution in [0.3, 0.4) is 0 Å². The van der Waals surface area contributed by atoms with Gasteiger partial charge in [0.05, 0.1) is 5.69 Å². The van der Waals surface area contributed by atoms with Gasteiger partial charge in [0.1, 0.15) is 6.54 Å². The van der Waals surface area contributed by atoms with Gasteiger partial charge < -0.3 is 5.32 Å². The average Bonchev–Trinajstić information content (AvgIpc) is 2.65. The van der Waals surface area contributed by atoms with E-state index in [0.29, 0.717) is 12.2 Å². The van der Waals surface area contributed by atoms with Crippen LogP contribution in [0, 0.1) is 6.92 Å². The van der Waals surface area contributed by atoms with Crippen molar-refractivity contribution < 1.29 is 13.2 Å². The number of carbonyl (C=O) groups excluding carboxylic acids is 1. The molecule has 0 aromatic heterocycles. The Hall–Kier alpha value is -2.38. The predicted molar refractivity (Wildman–Crippen MR) is 109 cm³/mol. The number of hydrogen-bond donors (Lipinski definition) is 1. The number of carbonyl (C=O) groups is 1. The number of nitrogens with one attached hydrogen (secondary N) is 1. The minimum absolute atomic E-state index is 0.133. The van der Waals surface area contributed by atoms with Gasteiger partial charge in [-0.25, -0.2) is 4.31 Å². The molecule has 0 unspecified atom stereocenters. The van der Waals surface area contributed by atoms with Gasteiger partial charge in [0.2, 0.25) is 5.91 Å². The summed E-state index contributed by atoms with van der Waals surface area (Å²) >= 11 is 0. The zero-order chi connectivity index (χ0) is 20.0. The van der Waals surface area contributed by atoms with Crippen molar-refractivity contribution >= 4 is 21.8 Å². The number of anilines is 1. The van der Waals surface area contributed by atoms with Gasteiger partial charge in [-0.2, -0.15) is 12.7 Å². The monoisotopic (exact) mass is 389 g/mol. The minimum atomic E-state index is -3.78. The SMILES string of the molecule is Cc1ccc(N(CC(=O)NC[C@@H](C)c2ccccc2)S(=O)(=O)N(C)C)cc1. The molecule has 0 radical (unpaired) electrons. The molecule has 1 amide bonds. The molecule has 0 saturated heterocycles. The lowest BCUT2D eigenvalue weighted by molar-refractivity contribution is -0.119. The van der Waals surface area contributed by atoms with Crippen LogP contribution < -0.4 is 9.62 Å². The molecule has 0 bridgehead atoms. The molecule has 0 saturated carbocycles. The summed E-state index contributed by atoms with van der Waals surface area (Å²) in [5, 5.41) is 2.84. The van der Waals surface area contributed by atoms with Crippen LogP contribution in [0.1, 0.15) is 24.0 Å². The van der Waals surface area contributed by atoms with E-state index in [2.05, 4.69) is 5.32 Å². The van der Waals surface area contributed by atoms with Crippen molar-refractivity contribution in [1.82, 2.24) is 9.62 Å². The summed E-state index contributed by atoms with van der Waals surface area (Å²) in [6.07, 6.45) is 0. The van der Waals surface area contributed by atoms with Crippen LogP contribution in [0.15, 0.2) is 54.6 Å². The molecule has 1 atom stereocenters. The van der Waals surface area contributed by atoms with Gasteiger partial charge in [0.15, 0.2) is 0 Å². The lowest BCUT2D eigenvalue weighted by Gasteiger charge is -2.27. The van der Waals surface area contributed by atoms with Crippen molar-refractivity contribution in [2.75, 3.05) is 31.5 Å². The molecule has 2 rings (SSSR count). The normalized spacial score (nSPS) is 12.6. The second-order valence-corrected chi connectivity index (χ2v) is 8.81. The first kappa shape index (κ1) is 20.9. The Labute approximate surface area is 162 Å².